The number of halogens is 1. The van der Waals surface area contributed by atoms with Gasteiger partial charge in [0.1, 0.15) is 7.85 Å². The van der Waals surface area contributed by atoms with Crippen molar-refractivity contribution in [2.45, 2.75) is 46.2 Å². The van der Waals surface area contributed by atoms with E-state index < -0.39 is 0 Å². The van der Waals surface area contributed by atoms with E-state index in [1.807, 2.05) is 85.8 Å². The largest absolute Gasteiger partial charge is 0.469 e. The number of aryl methyl sites for hydroxylation is 2. The van der Waals surface area contributed by atoms with Crippen molar-refractivity contribution in [3.05, 3.63) is 124 Å². The van der Waals surface area contributed by atoms with Gasteiger partial charge in [0.2, 0.25) is 0 Å². The second-order valence-electron chi connectivity index (χ2n) is 9.63. The van der Waals surface area contributed by atoms with Crippen LogP contribution in [0.5, 0.6) is 0 Å². The lowest BCUT2D eigenvalue weighted by atomic mass is 9.92. The molecule has 0 saturated heterocycles. The van der Waals surface area contributed by atoms with Crippen molar-refractivity contribution in [1.29, 1.82) is 0 Å². The van der Waals surface area contributed by atoms with E-state index in [1.54, 1.807) is 0 Å². The molecule has 0 unspecified atom stereocenters. The summed E-state index contributed by atoms with van der Waals surface area (Å²) in [6, 6.07) is 30.9. The van der Waals surface area contributed by atoms with Gasteiger partial charge in [-0.15, -0.1) is 0 Å². The summed E-state index contributed by atoms with van der Waals surface area (Å²) in [5.74, 6) is -0.587. The van der Waals surface area contributed by atoms with Crippen LogP contribution >= 0.6 is 15.9 Å². The van der Waals surface area contributed by atoms with Crippen LogP contribution in [0.15, 0.2) is 102 Å². The van der Waals surface area contributed by atoms with Gasteiger partial charge in [0, 0.05) is 16.6 Å². The van der Waals surface area contributed by atoms with E-state index >= 15 is 0 Å². The molecule has 2 atom stereocenters. The smallest absolute Gasteiger partial charge is 0.307 e. The van der Waals surface area contributed by atoms with Gasteiger partial charge in [-0.3, -0.25) is 9.59 Å². The van der Waals surface area contributed by atoms with Crippen LogP contribution in [0.4, 0.5) is 0 Å². The summed E-state index contributed by atoms with van der Waals surface area (Å²) in [5.41, 5.74) is 19.3. The molecule has 8 N–H and O–H groups in total. The average molecular weight is 681 g/mol. The van der Waals surface area contributed by atoms with Gasteiger partial charge in [0.15, 0.2) is 0 Å². The Morgan fingerprint density at radius 2 is 1.18 bits per heavy atom. The normalized spacial score (nSPS) is 10.7. The molecular formula is C35H46BBrN2O6. The first-order valence-corrected chi connectivity index (χ1v) is 14.2. The summed E-state index contributed by atoms with van der Waals surface area (Å²) in [6.07, 6.45) is 0.390. The molecule has 0 amide bonds. The zero-order valence-electron chi connectivity index (χ0n) is 25.5. The maximum absolute atomic E-state index is 11.3. The first-order chi connectivity index (χ1) is 20.0. The van der Waals surface area contributed by atoms with Gasteiger partial charge >= 0.3 is 11.9 Å². The van der Waals surface area contributed by atoms with E-state index in [0.717, 1.165) is 32.2 Å². The van der Waals surface area contributed by atoms with Crippen LogP contribution in [-0.2, 0) is 19.1 Å². The van der Waals surface area contributed by atoms with Crippen LogP contribution in [0, 0.1) is 13.8 Å². The number of nitrogens with two attached hydrogens (primary N) is 2. The Morgan fingerprint density at radius 3 is 1.62 bits per heavy atom. The summed E-state index contributed by atoms with van der Waals surface area (Å²) in [6.45, 7) is 4.08. The van der Waals surface area contributed by atoms with Gasteiger partial charge in [-0.1, -0.05) is 113 Å². The molecule has 0 aliphatic rings. The molecule has 4 aromatic carbocycles. The van der Waals surface area contributed by atoms with Gasteiger partial charge in [-0.05, 0) is 59.9 Å². The third kappa shape index (κ3) is 15.2. The molecule has 0 aromatic heterocycles. The maximum Gasteiger partial charge on any atom is 0.307 e. The van der Waals surface area contributed by atoms with Gasteiger partial charge in [-0.25, -0.2) is 0 Å². The summed E-state index contributed by atoms with van der Waals surface area (Å²) < 4.78 is 10.2. The summed E-state index contributed by atoms with van der Waals surface area (Å²) in [4.78, 5) is 22.3. The Hall–Kier alpha value is -3.80. The monoisotopic (exact) mass is 680 g/mol. The molecule has 8 nitrogen and oxygen atoms in total. The minimum absolute atomic E-state index is 0. The lowest BCUT2D eigenvalue weighted by Crippen LogP contribution is -2.16. The second kappa shape index (κ2) is 22.7. The predicted molar refractivity (Wildman–Crippen MR) is 188 cm³/mol. The van der Waals surface area contributed by atoms with Crippen molar-refractivity contribution in [3.8, 4) is 11.1 Å². The number of rotatable bonds is 7. The fraction of sp³-hybridized carbons (Fsp3) is 0.257. The Bertz CT molecular complexity index is 1430. The van der Waals surface area contributed by atoms with Crippen LogP contribution in [0.25, 0.3) is 11.1 Å². The van der Waals surface area contributed by atoms with Crippen molar-refractivity contribution in [2.75, 3.05) is 14.2 Å². The highest BCUT2D eigenvalue weighted by Gasteiger charge is 2.13. The minimum Gasteiger partial charge on any atom is -0.469 e. The van der Waals surface area contributed by atoms with E-state index in [-0.39, 0.29) is 55.2 Å². The van der Waals surface area contributed by atoms with Crippen molar-refractivity contribution in [2.24, 2.45) is 11.5 Å². The zero-order valence-corrected chi connectivity index (χ0v) is 27.1. The second-order valence-corrected chi connectivity index (χ2v) is 10.5. The van der Waals surface area contributed by atoms with Crippen LogP contribution in [-0.4, -0.2) is 45.0 Å². The molecule has 0 heterocycles. The number of hydrogen-bond donors (Lipinski definition) is 2. The molecule has 10 heteroatoms. The van der Waals surface area contributed by atoms with Crippen LogP contribution in [0.1, 0.15) is 54.6 Å². The Morgan fingerprint density at radius 1 is 0.711 bits per heavy atom. The van der Waals surface area contributed by atoms with Crippen molar-refractivity contribution in [3.63, 3.8) is 0 Å². The molecule has 0 fully saturated rings. The van der Waals surface area contributed by atoms with Gasteiger partial charge in [0.25, 0.3) is 0 Å². The minimum atomic E-state index is -0.341. The van der Waals surface area contributed by atoms with Crippen LogP contribution in [0.2, 0.25) is 0 Å². The lowest BCUT2D eigenvalue weighted by molar-refractivity contribution is -0.141. The standard InChI is InChI=1S/C17H19NO2.C10H12BrNO2.C7H7B.CH4.2H2O/c1-12-6-3-4-9-15(12)13-7-5-8-14(10-13)16(18)11-17(19)20-2;1-14-10(13)6-9(12)7-3-2-4-8(11)5-7;1-6-4-2-3-5-7(6)8;;;/h3-10,16H,11,18H2,1-2H3;2-5,9H,6,12H2,1H3;2-5H,1H3;1H4;2*1H2/t16-;9-;;;;/m00..../s1. The van der Waals surface area contributed by atoms with Crippen molar-refractivity contribution >= 4 is 41.2 Å². The summed E-state index contributed by atoms with van der Waals surface area (Å²) in [5, 5.41) is 0. The van der Waals surface area contributed by atoms with E-state index in [1.165, 1.54) is 25.3 Å². The molecule has 242 valence electrons. The molecule has 0 aliphatic carbocycles. The Balaban J connectivity index is 0. The quantitative estimate of drug-likeness (QED) is 0.205. The van der Waals surface area contributed by atoms with E-state index in [2.05, 4.69) is 50.5 Å². The highest BCUT2D eigenvalue weighted by Crippen LogP contribution is 2.26. The first-order valence-electron chi connectivity index (χ1n) is 13.4. The average Bonchev–Trinajstić information content (AvgIpc) is 2.99. The van der Waals surface area contributed by atoms with Crippen LogP contribution in [0.3, 0.4) is 0 Å². The number of ether oxygens (including phenoxy) is 2. The van der Waals surface area contributed by atoms with E-state index in [9.17, 15) is 9.59 Å². The summed E-state index contributed by atoms with van der Waals surface area (Å²) in [7, 11) is 8.25. The predicted octanol–water partition coefficient (Wildman–Crippen LogP) is 5.01. The lowest BCUT2D eigenvalue weighted by Gasteiger charge is -2.13. The molecule has 4 aromatic rings. The van der Waals surface area contributed by atoms with Crippen LogP contribution < -0.4 is 16.9 Å². The first kappa shape index (κ1) is 43.3. The number of hydrogen-bond acceptors (Lipinski definition) is 6. The third-order valence-electron chi connectivity index (χ3n) is 6.46. The highest BCUT2D eigenvalue weighted by molar-refractivity contribution is 9.10. The fourth-order valence-corrected chi connectivity index (χ4v) is 4.34. The molecule has 0 saturated carbocycles. The maximum atomic E-state index is 11.3. The number of methoxy groups -OCH3 is 2. The van der Waals surface area contributed by atoms with Gasteiger partial charge in [0.05, 0.1) is 27.1 Å². The summed E-state index contributed by atoms with van der Waals surface area (Å²) >= 11 is 3.34. The van der Waals surface area contributed by atoms with Gasteiger partial charge in [-0.2, -0.15) is 0 Å². The van der Waals surface area contributed by atoms with Crippen molar-refractivity contribution in [1.82, 2.24) is 0 Å². The molecule has 4 rings (SSSR count). The molecule has 0 bridgehead atoms. The topological polar surface area (TPSA) is 168 Å². The van der Waals surface area contributed by atoms with Gasteiger partial charge < -0.3 is 31.9 Å². The van der Waals surface area contributed by atoms with Crippen molar-refractivity contribution < 1.29 is 30.0 Å². The SMILES string of the molecule is C.COC(=O)C[C@H](N)c1cccc(-c2ccccc2C)c1.COC(=O)C[C@H](N)c1cccc(Br)c1.O.O.[B]c1ccccc1C. The highest BCUT2D eigenvalue weighted by atomic mass is 79.9. The number of carbonyl (C=O) groups is 2. The molecule has 0 spiro atoms. The molecule has 0 aliphatic heterocycles. The Labute approximate surface area is 277 Å². The van der Waals surface area contributed by atoms with E-state index in [0.29, 0.717) is 0 Å². The number of benzene rings is 4. The molecular weight excluding hydrogens is 635 g/mol. The zero-order chi connectivity index (χ0) is 31.1. The van der Waals surface area contributed by atoms with E-state index in [4.69, 9.17) is 19.3 Å². The molecule has 45 heavy (non-hydrogen) atoms. The molecule has 2 radical (unpaired) electrons. The number of carbonyl (C=O) groups excluding carboxylic acids is 2. The Kier molecular flexibility index (Phi) is 21.8. The third-order valence-corrected chi connectivity index (χ3v) is 6.96. The number of esters is 2. The fourth-order valence-electron chi connectivity index (χ4n) is 3.92.